The minimum atomic E-state index is -1.11. The first kappa shape index (κ1) is 12.9. The highest BCUT2D eigenvalue weighted by Gasteiger charge is 2.18. The molecule has 0 aliphatic carbocycles. The lowest BCUT2D eigenvalue weighted by Gasteiger charge is -2.18. The van der Waals surface area contributed by atoms with Crippen LogP contribution in [0.25, 0.3) is 0 Å². The van der Waals surface area contributed by atoms with Gasteiger partial charge in [-0.25, -0.2) is 8.78 Å². The molecule has 98 valence electrons. The van der Waals surface area contributed by atoms with Crippen molar-refractivity contribution in [1.29, 1.82) is 0 Å². The van der Waals surface area contributed by atoms with E-state index in [1.807, 2.05) is 0 Å². The van der Waals surface area contributed by atoms with E-state index >= 15 is 0 Å². The number of hydrogen-bond acceptors (Lipinski definition) is 3. The highest BCUT2D eigenvalue weighted by atomic mass is 19.2. The molecule has 0 spiro atoms. The second kappa shape index (κ2) is 5.01. The second-order valence-corrected chi connectivity index (χ2v) is 3.92. The summed E-state index contributed by atoms with van der Waals surface area (Å²) in [4.78, 5) is 17.3. The van der Waals surface area contributed by atoms with Gasteiger partial charge in [0.2, 0.25) is 0 Å². The Morgan fingerprint density at radius 1 is 1.21 bits per heavy atom. The van der Waals surface area contributed by atoms with Crippen molar-refractivity contribution in [2.75, 3.05) is 17.7 Å². The summed E-state index contributed by atoms with van der Waals surface area (Å²) in [5.41, 5.74) is 5.92. The van der Waals surface area contributed by atoms with E-state index in [0.717, 1.165) is 12.1 Å². The molecule has 1 aromatic carbocycles. The Balaban J connectivity index is 2.37. The molecule has 0 saturated carbocycles. The predicted molar refractivity (Wildman–Crippen MR) is 67.7 cm³/mol. The van der Waals surface area contributed by atoms with Gasteiger partial charge in [0.25, 0.3) is 5.91 Å². The number of nitrogens with zero attached hydrogens (tertiary/aromatic N) is 2. The van der Waals surface area contributed by atoms with Crippen LogP contribution in [-0.4, -0.2) is 17.9 Å². The summed E-state index contributed by atoms with van der Waals surface area (Å²) >= 11 is 0. The minimum Gasteiger partial charge on any atom is -0.398 e. The Hall–Kier alpha value is -2.50. The first-order valence-corrected chi connectivity index (χ1v) is 5.43. The fourth-order valence-electron chi connectivity index (χ4n) is 1.61. The fourth-order valence-corrected chi connectivity index (χ4v) is 1.61. The van der Waals surface area contributed by atoms with E-state index in [9.17, 15) is 13.6 Å². The third-order valence-corrected chi connectivity index (χ3v) is 2.68. The zero-order chi connectivity index (χ0) is 14.0. The molecule has 0 radical (unpaired) electrons. The highest BCUT2D eigenvalue weighted by Crippen LogP contribution is 2.21. The lowest BCUT2D eigenvalue weighted by atomic mass is 10.1. The Bertz CT molecular complexity index is 617. The van der Waals surface area contributed by atoms with Crippen LogP contribution in [0.5, 0.6) is 0 Å². The number of nitrogen functional groups attached to an aromatic ring is 1. The van der Waals surface area contributed by atoms with Gasteiger partial charge >= 0.3 is 0 Å². The lowest BCUT2D eigenvalue weighted by molar-refractivity contribution is 0.0993. The molecule has 1 aromatic heterocycles. The van der Waals surface area contributed by atoms with Crippen LogP contribution in [0.2, 0.25) is 0 Å². The maximum atomic E-state index is 13.2. The zero-order valence-electron chi connectivity index (χ0n) is 10.1. The molecule has 6 heteroatoms. The molecular weight excluding hydrogens is 252 g/mol. The molecule has 2 aromatic rings. The number of anilines is 2. The van der Waals surface area contributed by atoms with Crippen molar-refractivity contribution in [3.63, 3.8) is 0 Å². The summed E-state index contributed by atoms with van der Waals surface area (Å²) in [5.74, 6) is -2.72. The Morgan fingerprint density at radius 3 is 2.42 bits per heavy atom. The number of amides is 1. The third-order valence-electron chi connectivity index (χ3n) is 2.68. The quantitative estimate of drug-likeness (QED) is 0.845. The van der Waals surface area contributed by atoms with E-state index in [1.54, 1.807) is 12.1 Å². The van der Waals surface area contributed by atoms with Gasteiger partial charge in [-0.1, -0.05) is 0 Å². The van der Waals surface area contributed by atoms with Crippen molar-refractivity contribution >= 4 is 17.3 Å². The molecule has 0 aliphatic heterocycles. The monoisotopic (exact) mass is 263 g/mol. The minimum absolute atomic E-state index is 0.0850. The lowest BCUT2D eigenvalue weighted by Crippen LogP contribution is -2.27. The molecule has 0 unspecified atom stereocenters. The van der Waals surface area contributed by atoms with Gasteiger partial charge in [0, 0.05) is 36.9 Å². The molecule has 0 atom stereocenters. The zero-order valence-corrected chi connectivity index (χ0v) is 10.1. The molecule has 2 rings (SSSR count). The molecular formula is C13H11F2N3O. The maximum absolute atomic E-state index is 13.2. The van der Waals surface area contributed by atoms with Gasteiger partial charge < -0.3 is 10.6 Å². The van der Waals surface area contributed by atoms with Crippen LogP contribution in [-0.2, 0) is 0 Å². The van der Waals surface area contributed by atoms with Crippen molar-refractivity contribution in [1.82, 2.24) is 4.98 Å². The predicted octanol–water partition coefficient (Wildman–Crippen LogP) is 2.22. The SMILES string of the molecule is CN(C(=O)c1cc(F)c(F)cc1N)c1ccncc1. The van der Waals surface area contributed by atoms with Gasteiger partial charge in [-0.15, -0.1) is 0 Å². The number of pyridine rings is 1. The Morgan fingerprint density at radius 2 is 1.79 bits per heavy atom. The van der Waals surface area contributed by atoms with Crippen LogP contribution in [0.1, 0.15) is 10.4 Å². The van der Waals surface area contributed by atoms with Crippen molar-refractivity contribution < 1.29 is 13.6 Å². The van der Waals surface area contributed by atoms with Gasteiger partial charge in [0.15, 0.2) is 11.6 Å². The van der Waals surface area contributed by atoms with E-state index in [0.29, 0.717) is 5.69 Å². The average Bonchev–Trinajstić information content (AvgIpc) is 2.42. The number of carbonyl (C=O) groups is 1. The summed E-state index contributed by atoms with van der Waals surface area (Å²) in [6.45, 7) is 0. The summed E-state index contributed by atoms with van der Waals surface area (Å²) in [5, 5.41) is 0. The Labute approximate surface area is 108 Å². The van der Waals surface area contributed by atoms with Crippen molar-refractivity contribution in [2.45, 2.75) is 0 Å². The normalized spacial score (nSPS) is 10.3. The number of rotatable bonds is 2. The summed E-state index contributed by atoms with van der Waals surface area (Å²) in [6, 6.07) is 4.83. The molecule has 1 amide bonds. The van der Waals surface area contributed by atoms with E-state index in [1.165, 1.54) is 24.3 Å². The average molecular weight is 263 g/mol. The van der Waals surface area contributed by atoms with Gasteiger partial charge in [-0.3, -0.25) is 9.78 Å². The van der Waals surface area contributed by atoms with E-state index in [-0.39, 0.29) is 11.3 Å². The van der Waals surface area contributed by atoms with Crippen molar-refractivity contribution in [3.05, 3.63) is 53.9 Å². The highest BCUT2D eigenvalue weighted by molar-refractivity contribution is 6.08. The van der Waals surface area contributed by atoms with E-state index < -0.39 is 17.5 Å². The number of halogens is 2. The van der Waals surface area contributed by atoms with Crippen molar-refractivity contribution in [3.8, 4) is 0 Å². The van der Waals surface area contributed by atoms with Crippen LogP contribution < -0.4 is 10.6 Å². The van der Waals surface area contributed by atoms with Crippen LogP contribution in [0, 0.1) is 11.6 Å². The van der Waals surface area contributed by atoms with Gasteiger partial charge in [0.05, 0.1) is 5.56 Å². The largest absolute Gasteiger partial charge is 0.398 e. The van der Waals surface area contributed by atoms with Gasteiger partial charge in [-0.2, -0.15) is 0 Å². The molecule has 1 heterocycles. The van der Waals surface area contributed by atoms with Crippen LogP contribution in [0.15, 0.2) is 36.7 Å². The Kier molecular flexibility index (Phi) is 3.41. The maximum Gasteiger partial charge on any atom is 0.260 e. The van der Waals surface area contributed by atoms with E-state index in [4.69, 9.17) is 5.73 Å². The number of nitrogens with two attached hydrogens (primary N) is 1. The fraction of sp³-hybridized carbons (Fsp3) is 0.0769. The van der Waals surface area contributed by atoms with E-state index in [2.05, 4.69) is 4.98 Å². The van der Waals surface area contributed by atoms with Crippen LogP contribution >= 0.6 is 0 Å². The van der Waals surface area contributed by atoms with Crippen LogP contribution in [0.3, 0.4) is 0 Å². The number of benzene rings is 1. The molecule has 0 bridgehead atoms. The second-order valence-electron chi connectivity index (χ2n) is 3.92. The number of hydrogen-bond donors (Lipinski definition) is 1. The third kappa shape index (κ3) is 2.52. The molecule has 0 aliphatic rings. The molecule has 0 fully saturated rings. The first-order chi connectivity index (χ1) is 9.00. The summed E-state index contributed by atoms with van der Waals surface area (Å²) in [6.07, 6.45) is 3.04. The number of aromatic nitrogens is 1. The molecule has 0 saturated heterocycles. The number of carbonyl (C=O) groups excluding carboxylic acids is 1. The molecule has 2 N–H and O–H groups in total. The summed E-state index contributed by atoms with van der Waals surface area (Å²) in [7, 11) is 1.51. The molecule has 4 nitrogen and oxygen atoms in total. The van der Waals surface area contributed by atoms with Gasteiger partial charge in [0.1, 0.15) is 0 Å². The first-order valence-electron chi connectivity index (χ1n) is 5.43. The molecule has 19 heavy (non-hydrogen) atoms. The standard InChI is InChI=1S/C13H11F2N3O/c1-18(8-2-4-17-5-3-8)13(19)9-6-10(14)11(15)7-12(9)16/h2-7H,16H2,1H3. The smallest absolute Gasteiger partial charge is 0.260 e. The summed E-state index contributed by atoms with van der Waals surface area (Å²) < 4.78 is 26.1. The van der Waals surface area contributed by atoms with Crippen LogP contribution in [0.4, 0.5) is 20.2 Å². The topological polar surface area (TPSA) is 59.2 Å². The van der Waals surface area contributed by atoms with Crippen molar-refractivity contribution in [2.24, 2.45) is 0 Å². The van der Waals surface area contributed by atoms with Gasteiger partial charge in [-0.05, 0) is 18.2 Å².